The van der Waals surface area contributed by atoms with E-state index in [4.69, 9.17) is 4.74 Å². The molecule has 41 heavy (non-hydrogen) atoms. The van der Waals surface area contributed by atoms with E-state index in [1.807, 2.05) is 6.07 Å². The van der Waals surface area contributed by atoms with Crippen LogP contribution in [0.25, 0.3) is 10.9 Å². The summed E-state index contributed by atoms with van der Waals surface area (Å²) in [5.41, 5.74) is 2.83. The molecular weight excluding hydrogens is 531 g/mol. The van der Waals surface area contributed by atoms with Crippen LogP contribution in [0.4, 0.5) is 24.5 Å². The summed E-state index contributed by atoms with van der Waals surface area (Å²) in [6.45, 7) is 1.31. The van der Waals surface area contributed by atoms with Crippen molar-refractivity contribution >= 4 is 28.2 Å². The van der Waals surface area contributed by atoms with Gasteiger partial charge in [0.25, 0.3) is 5.91 Å². The van der Waals surface area contributed by atoms with Gasteiger partial charge in [0.05, 0.1) is 30.6 Å². The smallest absolute Gasteiger partial charge is 0.406 e. The van der Waals surface area contributed by atoms with E-state index in [9.17, 15) is 18.0 Å². The van der Waals surface area contributed by atoms with Crippen LogP contribution in [0.5, 0.6) is 5.75 Å². The Morgan fingerprint density at radius 3 is 2.51 bits per heavy atom. The van der Waals surface area contributed by atoms with Gasteiger partial charge in [-0.05, 0) is 89.0 Å². The topological polar surface area (TPSA) is 70.6 Å². The number of amides is 1. The van der Waals surface area contributed by atoms with E-state index in [0.29, 0.717) is 28.2 Å². The van der Waals surface area contributed by atoms with E-state index in [-0.39, 0.29) is 24.0 Å². The molecule has 0 spiro atoms. The molecule has 1 aromatic heterocycles. The number of ether oxygens (including phenoxy) is 1. The van der Waals surface area contributed by atoms with Crippen LogP contribution >= 0.6 is 0 Å². The number of rotatable bonds is 8. The van der Waals surface area contributed by atoms with E-state index in [1.54, 1.807) is 43.4 Å². The third-order valence-corrected chi connectivity index (χ3v) is 8.06. The molecule has 1 fully saturated rings. The second-order valence-corrected chi connectivity index (χ2v) is 10.9. The molecule has 2 aromatic carbocycles. The Hall–Kier alpha value is -3.84. The number of nitrogens with one attached hydrogen (secondary N) is 3. The molecule has 7 nitrogen and oxygen atoms in total. The first kappa shape index (κ1) is 30.1. The van der Waals surface area contributed by atoms with Crippen LogP contribution in [0.2, 0.25) is 0 Å². The number of anilines is 2. The summed E-state index contributed by atoms with van der Waals surface area (Å²) in [6, 6.07) is 12.4. The molecule has 3 aromatic rings. The molecule has 0 bridgehead atoms. The number of hydrogen-bond acceptors (Lipinski definition) is 5. The largest absolute Gasteiger partial charge is 0.495 e. The Morgan fingerprint density at radius 2 is 1.88 bits per heavy atom. The number of alkyl halides is 3. The van der Waals surface area contributed by atoms with Crippen molar-refractivity contribution in [3.63, 3.8) is 0 Å². The number of nitrogens with zero attached hydrogens (tertiary/aromatic N) is 2. The summed E-state index contributed by atoms with van der Waals surface area (Å²) in [5.74, 6) is 6.11. The summed E-state index contributed by atoms with van der Waals surface area (Å²) in [6.07, 6.45) is -0.331. The first-order valence-corrected chi connectivity index (χ1v) is 13.7. The third kappa shape index (κ3) is 7.09. The minimum Gasteiger partial charge on any atom is -0.495 e. The van der Waals surface area contributed by atoms with Gasteiger partial charge in [-0.25, -0.2) is 0 Å². The van der Waals surface area contributed by atoms with Crippen LogP contribution < -0.4 is 20.7 Å². The van der Waals surface area contributed by atoms with Gasteiger partial charge in [-0.1, -0.05) is 12.0 Å². The first-order valence-electron chi connectivity index (χ1n) is 13.7. The Bertz CT molecular complexity index is 1440. The average Bonchev–Trinajstić information content (AvgIpc) is 3.28. The van der Waals surface area contributed by atoms with Gasteiger partial charge < -0.3 is 30.2 Å². The average molecular weight is 570 g/mol. The minimum absolute atomic E-state index is 0.160. The monoisotopic (exact) mass is 569 g/mol. The Morgan fingerprint density at radius 1 is 1.15 bits per heavy atom. The Kier molecular flexibility index (Phi) is 9.08. The van der Waals surface area contributed by atoms with Crippen LogP contribution in [0, 0.1) is 11.8 Å². The SMILES string of the molecule is CNC(=O)c1ccc(NCC#Cc2cc3c(NC4CCC(C)(N(C)C)CC4)cccc3n2CC(F)(F)F)c(OC)c1. The minimum atomic E-state index is -4.40. The summed E-state index contributed by atoms with van der Waals surface area (Å²) in [7, 11) is 7.25. The molecule has 0 radical (unpaired) electrons. The maximum atomic E-state index is 13.6. The lowest BCUT2D eigenvalue weighted by molar-refractivity contribution is -0.140. The van der Waals surface area contributed by atoms with Crippen molar-refractivity contribution in [2.24, 2.45) is 0 Å². The van der Waals surface area contributed by atoms with Gasteiger partial charge in [0.2, 0.25) is 0 Å². The highest BCUT2D eigenvalue weighted by atomic mass is 19.4. The van der Waals surface area contributed by atoms with E-state index in [2.05, 4.69) is 53.7 Å². The Labute approximate surface area is 239 Å². The highest BCUT2D eigenvalue weighted by molar-refractivity contribution is 5.95. The molecule has 4 rings (SSSR count). The van der Waals surface area contributed by atoms with Crippen molar-refractivity contribution < 1.29 is 22.7 Å². The zero-order chi connectivity index (χ0) is 29.8. The first-order chi connectivity index (χ1) is 19.4. The summed E-state index contributed by atoms with van der Waals surface area (Å²) >= 11 is 0. The van der Waals surface area contributed by atoms with Gasteiger partial charge in [0, 0.05) is 35.3 Å². The molecule has 0 atom stereocenters. The van der Waals surface area contributed by atoms with E-state index >= 15 is 0 Å². The third-order valence-electron chi connectivity index (χ3n) is 8.06. The molecule has 220 valence electrons. The van der Waals surface area contributed by atoms with Crippen molar-refractivity contribution in [3.8, 4) is 17.6 Å². The van der Waals surface area contributed by atoms with Gasteiger partial charge in [-0.3, -0.25) is 4.79 Å². The maximum Gasteiger partial charge on any atom is 0.406 e. The van der Waals surface area contributed by atoms with Crippen LogP contribution in [0.3, 0.4) is 0 Å². The van der Waals surface area contributed by atoms with Crippen molar-refractivity contribution in [1.29, 1.82) is 0 Å². The predicted molar refractivity (Wildman–Crippen MR) is 158 cm³/mol. The zero-order valence-electron chi connectivity index (χ0n) is 24.2. The molecule has 0 aliphatic heterocycles. The molecule has 1 aliphatic rings. The maximum absolute atomic E-state index is 13.6. The fourth-order valence-corrected chi connectivity index (χ4v) is 5.31. The highest BCUT2D eigenvalue weighted by Crippen LogP contribution is 2.35. The van der Waals surface area contributed by atoms with E-state index in [0.717, 1.165) is 36.8 Å². The van der Waals surface area contributed by atoms with E-state index < -0.39 is 12.7 Å². The molecule has 1 aliphatic carbocycles. The molecule has 0 unspecified atom stereocenters. The summed E-state index contributed by atoms with van der Waals surface area (Å²) in [5, 5.41) is 10.0. The molecular formula is C31H38F3N5O2. The van der Waals surface area contributed by atoms with Gasteiger partial charge in [-0.15, -0.1) is 0 Å². The number of hydrogen-bond donors (Lipinski definition) is 3. The fraction of sp³-hybridized carbons (Fsp3) is 0.452. The van der Waals surface area contributed by atoms with Crippen molar-refractivity contribution in [2.45, 2.75) is 56.9 Å². The normalized spacial score (nSPS) is 19.0. The van der Waals surface area contributed by atoms with Crippen molar-refractivity contribution in [2.75, 3.05) is 45.4 Å². The molecule has 0 saturated heterocycles. The lowest BCUT2D eigenvalue weighted by atomic mass is 9.80. The van der Waals surface area contributed by atoms with Crippen molar-refractivity contribution in [1.82, 2.24) is 14.8 Å². The van der Waals surface area contributed by atoms with Gasteiger partial charge in [0.15, 0.2) is 0 Å². The molecule has 1 amide bonds. The van der Waals surface area contributed by atoms with Crippen LogP contribution in [-0.2, 0) is 6.54 Å². The number of fused-ring (bicyclic) bond motifs is 1. The number of halogens is 3. The second-order valence-electron chi connectivity index (χ2n) is 10.9. The highest BCUT2D eigenvalue weighted by Gasteiger charge is 2.33. The van der Waals surface area contributed by atoms with E-state index in [1.165, 1.54) is 11.7 Å². The van der Waals surface area contributed by atoms with Crippen LogP contribution in [0.1, 0.15) is 48.7 Å². The van der Waals surface area contributed by atoms with Crippen LogP contribution in [0.15, 0.2) is 42.5 Å². The number of benzene rings is 2. The summed E-state index contributed by atoms with van der Waals surface area (Å²) in [4.78, 5) is 14.2. The van der Waals surface area contributed by atoms with Gasteiger partial charge >= 0.3 is 6.18 Å². The molecule has 10 heteroatoms. The zero-order valence-corrected chi connectivity index (χ0v) is 24.2. The number of carbonyl (C=O) groups excluding carboxylic acids is 1. The van der Waals surface area contributed by atoms with Crippen molar-refractivity contribution in [3.05, 3.63) is 53.7 Å². The quantitative estimate of drug-likeness (QED) is 0.303. The summed E-state index contributed by atoms with van der Waals surface area (Å²) < 4.78 is 47.4. The Balaban J connectivity index is 1.56. The number of methoxy groups -OCH3 is 1. The lowest BCUT2D eigenvalue weighted by Gasteiger charge is -2.42. The predicted octanol–water partition coefficient (Wildman–Crippen LogP) is 5.71. The molecule has 3 N–H and O–H groups in total. The molecule has 1 heterocycles. The fourth-order valence-electron chi connectivity index (χ4n) is 5.31. The standard InChI is InChI=1S/C31H38F3N5O2/c1-30(38(3)4)15-13-22(14-16-30)37-25-9-6-10-27-24(25)19-23(39(27)20-31(32,33)34)8-7-17-36-26-12-11-21(29(40)35-2)18-28(26)41-5/h6,9-12,18-19,22,36-37H,13-17,20H2,1-5H3,(H,35,40). The van der Waals surface area contributed by atoms with Gasteiger partial charge in [0.1, 0.15) is 12.3 Å². The molecule has 1 saturated carbocycles. The second kappa shape index (κ2) is 12.4. The number of aromatic nitrogens is 1. The lowest BCUT2D eigenvalue weighted by Crippen LogP contribution is -2.46. The number of carbonyl (C=O) groups is 1. The van der Waals surface area contributed by atoms with Gasteiger partial charge in [-0.2, -0.15) is 13.2 Å². The van der Waals surface area contributed by atoms with Crippen LogP contribution in [-0.4, -0.2) is 67.9 Å².